The van der Waals surface area contributed by atoms with Crippen molar-refractivity contribution >= 4 is 5.97 Å². The van der Waals surface area contributed by atoms with E-state index < -0.39 is 0 Å². The highest BCUT2D eigenvalue weighted by Gasteiger charge is 2.10. The first-order chi connectivity index (χ1) is 6.24. The third-order valence-corrected chi connectivity index (χ3v) is 1.85. The van der Waals surface area contributed by atoms with Gasteiger partial charge in [0.1, 0.15) is 6.10 Å². The van der Waals surface area contributed by atoms with Gasteiger partial charge in [0.15, 0.2) is 0 Å². The monoisotopic (exact) mass is 178 g/mol. The van der Waals surface area contributed by atoms with E-state index in [-0.39, 0.29) is 12.1 Å². The van der Waals surface area contributed by atoms with E-state index in [0.29, 0.717) is 0 Å². The number of carbonyl (C=O) groups excluding carboxylic acids is 1. The van der Waals surface area contributed by atoms with Crippen LogP contribution in [0.3, 0.4) is 0 Å². The second-order valence-corrected chi connectivity index (χ2v) is 2.92. The maximum atomic E-state index is 10.8. The highest BCUT2D eigenvalue weighted by atomic mass is 16.5. The maximum absolute atomic E-state index is 10.8. The van der Waals surface area contributed by atoms with Crippen molar-refractivity contribution in [2.75, 3.05) is 0 Å². The molecule has 2 nitrogen and oxygen atoms in total. The molecule has 0 aromatic heterocycles. The minimum absolute atomic E-state index is 0.0984. The molecule has 0 spiro atoms. The van der Waals surface area contributed by atoms with Gasteiger partial charge in [-0.05, 0) is 12.0 Å². The van der Waals surface area contributed by atoms with Gasteiger partial charge in [-0.1, -0.05) is 37.3 Å². The maximum Gasteiger partial charge on any atom is 0.303 e. The third kappa shape index (κ3) is 2.90. The Bertz CT molecular complexity index is 267. The van der Waals surface area contributed by atoms with Gasteiger partial charge in [0.2, 0.25) is 0 Å². The molecular weight excluding hydrogens is 164 g/mol. The smallest absolute Gasteiger partial charge is 0.303 e. The van der Waals surface area contributed by atoms with Crippen molar-refractivity contribution in [1.82, 2.24) is 0 Å². The standard InChI is InChI=1S/C11H14O2/c1-3-11(13-9(2)12)10-7-5-4-6-8-10/h4-8,11H,3H2,1-2H3/t11-/m1/s1. The van der Waals surface area contributed by atoms with Crippen molar-refractivity contribution in [2.45, 2.75) is 26.4 Å². The van der Waals surface area contributed by atoms with Gasteiger partial charge in [-0.25, -0.2) is 0 Å². The summed E-state index contributed by atoms with van der Waals surface area (Å²) in [6.07, 6.45) is 0.711. The minimum atomic E-state index is -0.226. The van der Waals surface area contributed by atoms with Gasteiger partial charge in [-0.15, -0.1) is 0 Å². The summed E-state index contributed by atoms with van der Waals surface area (Å²) < 4.78 is 5.15. The van der Waals surface area contributed by atoms with Gasteiger partial charge < -0.3 is 4.74 Å². The lowest BCUT2D eigenvalue weighted by molar-refractivity contribution is -0.146. The van der Waals surface area contributed by atoms with Crippen LogP contribution in [0.15, 0.2) is 30.3 Å². The Hall–Kier alpha value is -1.31. The van der Waals surface area contributed by atoms with E-state index in [2.05, 4.69) is 0 Å². The minimum Gasteiger partial charge on any atom is -0.458 e. The van der Waals surface area contributed by atoms with Crippen molar-refractivity contribution in [3.63, 3.8) is 0 Å². The Balaban J connectivity index is 2.73. The first-order valence-electron chi connectivity index (χ1n) is 4.46. The van der Waals surface area contributed by atoms with Gasteiger partial charge in [0.25, 0.3) is 0 Å². The van der Waals surface area contributed by atoms with E-state index in [1.807, 2.05) is 37.3 Å². The summed E-state index contributed by atoms with van der Waals surface area (Å²) in [7, 11) is 0. The molecule has 0 aliphatic carbocycles. The molecule has 0 N–H and O–H groups in total. The molecule has 0 radical (unpaired) electrons. The van der Waals surface area contributed by atoms with E-state index in [9.17, 15) is 4.79 Å². The molecule has 0 unspecified atom stereocenters. The number of esters is 1. The normalized spacial score (nSPS) is 12.2. The Labute approximate surface area is 78.5 Å². The summed E-state index contributed by atoms with van der Waals surface area (Å²) in [4.78, 5) is 10.8. The summed E-state index contributed by atoms with van der Waals surface area (Å²) in [5.41, 5.74) is 1.06. The molecule has 0 fully saturated rings. The zero-order valence-corrected chi connectivity index (χ0v) is 7.99. The Morgan fingerprint density at radius 2 is 2.00 bits per heavy atom. The van der Waals surface area contributed by atoms with Gasteiger partial charge in [-0.3, -0.25) is 4.79 Å². The average Bonchev–Trinajstić information content (AvgIpc) is 2.15. The van der Waals surface area contributed by atoms with E-state index in [1.165, 1.54) is 6.92 Å². The highest BCUT2D eigenvalue weighted by Crippen LogP contribution is 2.20. The predicted molar refractivity (Wildman–Crippen MR) is 51.2 cm³/mol. The summed E-state index contributed by atoms with van der Waals surface area (Å²) >= 11 is 0. The number of rotatable bonds is 3. The van der Waals surface area contributed by atoms with Crippen molar-refractivity contribution in [3.8, 4) is 0 Å². The molecule has 70 valence electrons. The first-order valence-corrected chi connectivity index (χ1v) is 4.46. The van der Waals surface area contributed by atoms with Crippen LogP contribution in [0.4, 0.5) is 0 Å². The van der Waals surface area contributed by atoms with Crippen molar-refractivity contribution < 1.29 is 9.53 Å². The van der Waals surface area contributed by atoms with Crippen LogP contribution in [0.2, 0.25) is 0 Å². The van der Waals surface area contributed by atoms with Gasteiger partial charge >= 0.3 is 5.97 Å². The van der Waals surface area contributed by atoms with Crippen LogP contribution < -0.4 is 0 Å². The van der Waals surface area contributed by atoms with Crippen LogP contribution in [-0.2, 0) is 9.53 Å². The molecule has 0 heterocycles. The quantitative estimate of drug-likeness (QED) is 0.665. The fraction of sp³-hybridized carbons (Fsp3) is 0.364. The Morgan fingerprint density at radius 3 is 2.46 bits per heavy atom. The number of ether oxygens (including phenoxy) is 1. The molecule has 0 saturated carbocycles. The largest absolute Gasteiger partial charge is 0.458 e. The third-order valence-electron chi connectivity index (χ3n) is 1.85. The van der Waals surface area contributed by atoms with E-state index in [4.69, 9.17) is 4.74 Å². The molecule has 0 bridgehead atoms. The lowest BCUT2D eigenvalue weighted by Crippen LogP contribution is -2.07. The zero-order valence-electron chi connectivity index (χ0n) is 7.99. The molecule has 1 rings (SSSR count). The van der Waals surface area contributed by atoms with Crippen LogP contribution in [0.5, 0.6) is 0 Å². The van der Waals surface area contributed by atoms with E-state index in [1.54, 1.807) is 0 Å². The van der Waals surface area contributed by atoms with Gasteiger partial charge in [0, 0.05) is 6.92 Å². The average molecular weight is 178 g/mol. The molecule has 0 aliphatic rings. The Morgan fingerprint density at radius 1 is 1.38 bits per heavy atom. The van der Waals surface area contributed by atoms with Gasteiger partial charge in [-0.2, -0.15) is 0 Å². The molecule has 0 amide bonds. The zero-order chi connectivity index (χ0) is 9.68. The fourth-order valence-electron chi connectivity index (χ4n) is 1.26. The molecular formula is C11H14O2. The topological polar surface area (TPSA) is 26.3 Å². The number of hydrogen-bond donors (Lipinski definition) is 0. The van der Waals surface area contributed by atoms with E-state index >= 15 is 0 Å². The molecule has 2 heteroatoms. The van der Waals surface area contributed by atoms with Crippen LogP contribution in [0.25, 0.3) is 0 Å². The van der Waals surface area contributed by atoms with Crippen molar-refractivity contribution in [1.29, 1.82) is 0 Å². The molecule has 1 atom stereocenters. The second kappa shape index (κ2) is 4.65. The summed E-state index contributed by atoms with van der Waals surface area (Å²) in [6, 6.07) is 9.78. The molecule has 1 aromatic rings. The van der Waals surface area contributed by atoms with Crippen LogP contribution >= 0.6 is 0 Å². The SMILES string of the molecule is CC[C@@H](OC(C)=O)c1ccccc1. The van der Waals surface area contributed by atoms with Crippen LogP contribution in [-0.4, -0.2) is 5.97 Å². The summed E-state index contributed by atoms with van der Waals surface area (Å²) in [5, 5.41) is 0. The molecule has 1 aromatic carbocycles. The fourth-order valence-corrected chi connectivity index (χ4v) is 1.26. The predicted octanol–water partition coefficient (Wildman–Crippen LogP) is 2.70. The van der Waals surface area contributed by atoms with Crippen molar-refractivity contribution in [3.05, 3.63) is 35.9 Å². The lowest BCUT2D eigenvalue weighted by atomic mass is 10.1. The number of hydrogen-bond acceptors (Lipinski definition) is 2. The summed E-state index contributed by atoms with van der Waals surface area (Å²) in [5.74, 6) is -0.226. The molecule has 13 heavy (non-hydrogen) atoms. The highest BCUT2D eigenvalue weighted by molar-refractivity contribution is 5.66. The second-order valence-electron chi connectivity index (χ2n) is 2.92. The van der Waals surface area contributed by atoms with Crippen molar-refractivity contribution in [2.24, 2.45) is 0 Å². The van der Waals surface area contributed by atoms with E-state index in [0.717, 1.165) is 12.0 Å². The molecule has 0 saturated heterocycles. The summed E-state index contributed by atoms with van der Waals surface area (Å²) in [6.45, 7) is 3.44. The molecule has 0 aliphatic heterocycles. The first kappa shape index (κ1) is 9.78. The number of benzene rings is 1. The van der Waals surface area contributed by atoms with Crippen LogP contribution in [0, 0.1) is 0 Å². The Kier molecular flexibility index (Phi) is 3.50. The lowest BCUT2D eigenvalue weighted by Gasteiger charge is -2.14. The van der Waals surface area contributed by atoms with Crippen LogP contribution in [0.1, 0.15) is 31.9 Å². The number of carbonyl (C=O) groups is 1. The van der Waals surface area contributed by atoms with Gasteiger partial charge in [0.05, 0.1) is 0 Å².